The fourth-order valence-corrected chi connectivity index (χ4v) is 5.09. The van der Waals surface area contributed by atoms with Gasteiger partial charge in [0, 0.05) is 24.7 Å². The van der Waals surface area contributed by atoms with Crippen LogP contribution in [0.25, 0.3) is 10.2 Å². The number of thiazole rings is 1. The minimum absolute atomic E-state index is 0.0464. The number of ether oxygens (including phenoxy) is 1. The zero-order valence-corrected chi connectivity index (χ0v) is 19.3. The molecule has 4 heterocycles. The van der Waals surface area contributed by atoms with Crippen molar-refractivity contribution in [2.24, 2.45) is 5.41 Å². The van der Waals surface area contributed by atoms with Crippen molar-refractivity contribution >= 4 is 50.6 Å². The largest absolute Gasteiger partial charge is 0.380 e. The van der Waals surface area contributed by atoms with Crippen molar-refractivity contribution in [3.63, 3.8) is 0 Å². The Morgan fingerprint density at radius 1 is 1.27 bits per heavy atom. The summed E-state index contributed by atoms with van der Waals surface area (Å²) in [6.45, 7) is 7.42. The molecule has 2 saturated heterocycles. The molecule has 0 atom stereocenters. The molecule has 3 N–H and O–H groups in total. The summed E-state index contributed by atoms with van der Waals surface area (Å²) >= 11 is 1.59. The van der Waals surface area contributed by atoms with E-state index < -0.39 is 0 Å². The van der Waals surface area contributed by atoms with Gasteiger partial charge in [-0.25, -0.2) is 9.97 Å². The lowest BCUT2D eigenvalue weighted by atomic mass is 9.78. The maximum absolute atomic E-state index is 12.9. The molecule has 0 aliphatic carbocycles. The number of aromatic nitrogens is 2. The van der Waals surface area contributed by atoms with Gasteiger partial charge in [0.1, 0.15) is 11.5 Å². The highest BCUT2D eigenvalue weighted by Crippen LogP contribution is 2.42. The smallest absolute Gasteiger partial charge is 0.256 e. The number of hydrogen-bond donors (Lipinski definition) is 3. The van der Waals surface area contributed by atoms with Crippen molar-refractivity contribution in [1.29, 1.82) is 10.8 Å². The van der Waals surface area contributed by atoms with Crippen molar-refractivity contribution in [1.82, 2.24) is 14.9 Å². The van der Waals surface area contributed by atoms with Gasteiger partial charge in [0.15, 0.2) is 11.0 Å². The van der Waals surface area contributed by atoms with Crippen molar-refractivity contribution in [3.05, 3.63) is 47.7 Å². The summed E-state index contributed by atoms with van der Waals surface area (Å²) in [5.74, 6) is 0.191. The summed E-state index contributed by atoms with van der Waals surface area (Å²) in [6, 6.07) is 10.6. The molecule has 33 heavy (non-hydrogen) atoms. The monoisotopic (exact) mass is 463 g/mol. The molecular formula is C23H25N7O2S. The number of nitrogens with zero attached hydrogens (tertiary/aromatic N) is 4. The minimum Gasteiger partial charge on any atom is -0.380 e. The van der Waals surface area contributed by atoms with Crippen LogP contribution in [-0.4, -0.2) is 65.3 Å². The number of fused-ring (bicyclic) bond motifs is 1. The SMILES string of the molecule is CC(C)N(C=N)C(=N)c1cccc(NC(=O)c2ccc3nc(N4CC5(COC5)C4)sc3c2)n1. The maximum atomic E-state index is 12.9. The second-order valence-corrected chi connectivity index (χ2v) is 9.88. The summed E-state index contributed by atoms with van der Waals surface area (Å²) < 4.78 is 6.31. The molecule has 2 aliphatic heterocycles. The molecule has 170 valence electrons. The quantitative estimate of drug-likeness (QED) is 0.381. The third-order valence-corrected chi connectivity index (χ3v) is 7.04. The fourth-order valence-electron chi connectivity index (χ4n) is 4.09. The van der Waals surface area contributed by atoms with Crippen LogP contribution < -0.4 is 10.2 Å². The molecule has 1 amide bonds. The molecule has 0 unspecified atom stereocenters. The number of benzene rings is 1. The van der Waals surface area contributed by atoms with Crippen LogP contribution in [0, 0.1) is 16.2 Å². The lowest BCUT2D eigenvalue weighted by Crippen LogP contribution is -2.66. The number of carbonyl (C=O) groups excluding carboxylic acids is 1. The predicted octanol–water partition coefficient (Wildman–Crippen LogP) is 3.42. The fraction of sp³-hybridized carbons (Fsp3) is 0.348. The number of anilines is 2. The maximum Gasteiger partial charge on any atom is 0.256 e. The Labute approximate surface area is 195 Å². The second-order valence-electron chi connectivity index (χ2n) is 8.87. The van der Waals surface area contributed by atoms with Crippen LogP contribution in [0.4, 0.5) is 10.9 Å². The third-order valence-electron chi connectivity index (χ3n) is 5.97. The third kappa shape index (κ3) is 3.96. The number of carbonyl (C=O) groups is 1. The van der Waals surface area contributed by atoms with E-state index in [4.69, 9.17) is 20.5 Å². The first-order chi connectivity index (χ1) is 15.9. The van der Waals surface area contributed by atoms with Gasteiger partial charge in [-0.05, 0) is 44.2 Å². The molecule has 1 aromatic carbocycles. The summed E-state index contributed by atoms with van der Waals surface area (Å²) in [6.07, 6.45) is 1.11. The van der Waals surface area contributed by atoms with E-state index in [2.05, 4.69) is 15.2 Å². The van der Waals surface area contributed by atoms with Crippen LogP contribution >= 0.6 is 11.3 Å². The van der Waals surface area contributed by atoms with Gasteiger partial charge in [-0.2, -0.15) is 0 Å². The Morgan fingerprint density at radius 3 is 2.73 bits per heavy atom. The summed E-state index contributed by atoms with van der Waals surface area (Å²) in [4.78, 5) is 25.8. The van der Waals surface area contributed by atoms with Crippen LogP contribution in [0.1, 0.15) is 29.9 Å². The molecular weight excluding hydrogens is 438 g/mol. The zero-order chi connectivity index (χ0) is 23.2. The Morgan fingerprint density at radius 2 is 2.06 bits per heavy atom. The van der Waals surface area contributed by atoms with Gasteiger partial charge in [-0.15, -0.1) is 0 Å². The molecule has 2 fully saturated rings. The molecule has 9 nitrogen and oxygen atoms in total. The van der Waals surface area contributed by atoms with Gasteiger partial charge in [0.2, 0.25) is 0 Å². The first-order valence-electron chi connectivity index (χ1n) is 10.8. The lowest BCUT2D eigenvalue weighted by molar-refractivity contribution is -0.127. The van der Waals surface area contributed by atoms with Crippen LogP contribution in [0.3, 0.4) is 0 Å². The van der Waals surface area contributed by atoms with E-state index in [9.17, 15) is 4.79 Å². The van der Waals surface area contributed by atoms with Crippen molar-refractivity contribution in [2.45, 2.75) is 19.9 Å². The Hall–Kier alpha value is -3.37. The van der Waals surface area contributed by atoms with Gasteiger partial charge < -0.3 is 19.9 Å². The van der Waals surface area contributed by atoms with Crippen LogP contribution in [0.2, 0.25) is 0 Å². The average molecular weight is 464 g/mol. The Balaban J connectivity index is 1.30. The molecule has 10 heteroatoms. The number of amidine groups is 1. The number of rotatable bonds is 6. The van der Waals surface area contributed by atoms with Gasteiger partial charge in [-0.1, -0.05) is 17.4 Å². The van der Waals surface area contributed by atoms with E-state index in [0.29, 0.717) is 22.5 Å². The average Bonchev–Trinajstić information content (AvgIpc) is 3.15. The van der Waals surface area contributed by atoms with E-state index in [1.54, 1.807) is 35.6 Å². The number of hydrogen-bond acceptors (Lipinski definition) is 8. The van der Waals surface area contributed by atoms with Gasteiger partial charge in [-0.3, -0.25) is 15.6 Å². The number of pyridine rings is 1. The lowest BCUT2D eigenvalue weighted by Gasteiger charge is -2.54. The van der Waals surface area contributed by atoms with E-state index in [0.717, 1.165) is 48.0 Å². The summed E-state index contributed by atoms with van der Waals surface area (Å²) in [5.41, 5.74) is 2.12. The molecule has 1 spiro atoms. The molecule has 0 saturated carbocycles. The molecule has 0 bridgehead atoms. The highest BCUT2D eigenvalue weighted by Gasteiger charge is 2.49. The standard InChI is InChI=1S/C23H25N7O2S/c1-14(2)30(13-24)20(25)17-4-3-5-19(26-17)28-21(31)15-6-7-16-18(8-15)33-22(27-16)29-9-23(10-29)11-32-12-23/h3-8,13-14,24-25H,9-12H2,1-2H3,(H,26,28,31). The second kappa shape index (κ2) is 8.20. The highest BCUT2D eigenvalue weighted by molar-refractivity contribution is 7.22. The molecule has 0 radical (unpaired) electrons. The normalized spacial score (nSPS) is 16.4. The Kier molecular flexibility index (Phi) is 5.34. The summed E-state index contributed by atoms with van der Waals surface area (Å²) in [7, 11) is 0. The first-order valence-corrected chi connectivity index (χ1v) is 11.6. The molecule has 3 aromatic rings. The van der Waals surface area contributed by atoms with Crippen molar-refractivity contribution in [3.8, 4) is 0 Å². The van der Waals surface area contributed by atoms with E-state index in [1.807, 2.05) is 26.0 Å². The Bertz CT molecular complexity index is 1240. The van der Waals surface area contributed by atoms with E-state index >= 15 is 0 Å². The number of nitrogens with one attached hydrogen (secondary N) is 3. The van der Waals surface area contributed by atoms with Gasteiger partial charge in [0.25, 0.3) is 5.91 Å². The molecule has 5 rings (SSSR count). The number of amides is 1. The summed E-state index contributed by atoms with van der Waals surface area (Å²) in [5, 5.41) is 19.7. The van der Waals surface area contributed by atoms with Gasteiger partial charge >= 0.3 is 0 Å². The van der Waals surface area contributed by atoms with E-state index in [1.165, 1.54) is 4.90 Å². The topological polar surface area (TPSA) is 118 Å². The molecule has 2 aromatic heterocycles. The van der Waals surface area contributed by atoms with Crippen LogP contribution in [0.5, 0.6) is 0 Å². The highest BCUT2D eigenvalue weighted by atomic mass is 32.1. The minimum atomic E-state index is -0.273. The van der Waals surface area contributed by atoms with Crippen molar-refractivity contribution < 1.29 is 9.53 Å². The van der Waals surface area contributed by atoms with Crippen molar-refractivity contribution in [2.75, 3.05) is 36.5 Å². The zero-order valence-electron chi connectivity index (χ0n) is 18.5. The molecule has 2 aliphatic rings. The van der Waals surface area contributed by atoms with E-state index in [-0.39, 0.29) is 17.8 Å². The van der Waals surface area contributed by atoms with Crippen LogP contribution in [-0.2, 0) is 4.74 Å². The van der Waals surface area contributed by atoms with Gasteiger partial charge in [0.05, 0.1) is 35.2 Å². The van der Waals surface area contributed by atoms with Crippen LogP contribution in [0.15, 0.2) is 36.4 Å². The first kappa shape index (κ1) is 21.5. The predicted molar refractivity (Wildman–Crippen MR) is 130 cm³/mol.